The Kier molecular flexibility index (Phi) is 5.99. The van der Waals surface area contributed by atoms with Crippen molar-refractivity contribution in [1.29, 1.82) is 0 Å². The van der Waals surface area contributed by atoms with Crippen molar-refractivity contribution in [2.24, 2.45) is 11.1 Å². The maximum absolute atomic E-state index is 12.5. The highest BCUT2D eigenvalue weighted by Crippen LogP contribution is 2.29. The molecule has 1 aromatic carbocycles. The highest BCUT2D eigenvalue weighted by atomic mass is 19.4. The Hall–Kier alpha value is -1.40. The number of carbonyl (C=O) groups is 1. The SMILES string of the molecule is CC(C)(C)COC(C)(N)C(=O)CCc1ccc(C(F)(F)F)cc1. The molecule has 3 nitrogen and oxygen atoms in total. The fourth-order valence-electron chi connectivity index (χ4n) is 1.81. The summed E-state index contributed by atoms with van der Waals surface area (Å²) in [4.78, 5) is 12.2. The van der Waals surface area contributed by atoms with Gasteiger partial charge in [0.25, 0.3) is 0 Å². The number of alkyl halides is 3. The Morgan fingerprint density at radius 3 is 2.04 bits per heavy atom. The molecule has 1 atom stereocenters. The number of benzene rings is 1. The molecule has 0 radical (unpaired) electrons. The van der Waals surface area contributed by atoms with Crippen molar-refractivity contribution in [2.45, 2.75) is 52.4 Å². The van der Waals surface area contributed by atoms with Gasteiger partial charge in [0.05, 0.1) is 12.2 Å². The topological polar surface area (TPSA) is 52.3 Å². The molecule has 2 N–H and O–H groups in total. The lowest BCUT2D eigenvalue weighted by Gasteiger charge is -2.28. The standard InChI is InChI=1S/C17H24F3NO2/c1-15(2,3)11-23-16(4,21)14(22)10-7-12-5-8-13(9-6-12)17(18,19)20/h5-6,8-9H,7,10-11,21H2,1-4H3. The van der Waals surface area contributed by atoms with Crippen molar-refractivity contribution in [3.05, 3.63) is 35.4 Å². The van der Waals surface area contributed by atoms with Gasteiger partial charge >= 0.3 is 6.18 Å². The summed E-state index contributed by atoms with van der Waals surface area (Å²) in [6.45, 7) is 7.75. The maximum atomic E-state index is 12.5. The number of ether oxygens (including phenoxy) is 1. The average Bonchev–Trinajstić information content (AvgIpc) is 2.41. The van der Waals surface area contributed by atoms with E-state index >= 15 is 0 Å². The number of rotatable bonds is 6. The molecule has 0 spiro atoms. The van der Waals surface area contributed by atoms with Crippen LogP contribution in [0.5, 0.6) is 0 Å². The summed E-state index contributed by atoms with van der Waals surface area (Å²) in [5, 5.41) is 0. The van der Waals surface area contributed by atoms with Gasteiger partial charge in [-0.1, -0.05) is 32.9 Å². The molecule has 0 aromatic heterocycles. The molecule has 0 aliphatic rings. The van der Waals surface area contributed by atoms with Crippen molar-refractivity contribution in [1.82, 2.24) is 0 Å². The second-order valence-corrected chi connectivity index (χ2v) is 7.07. The average molecular weight is 331 g/mol. The monoisotopic (exact) mass is 331 g/mol. The van der Waals surface area contributed by atoms with Crippen molar-refractivity contribution < 1.29 is 22.7 Å². The summed E-state index contributed by atoms with van der Waals surface area (Å²) < 4.78 is 42.9. The van der Waals surface area contributed by atoms with Crippen LogP contribution in [0.3, 0.4) is 0 Å². The number of ketones is 1. The Morgan fingerprint density at radius 2 is 1.61 bits per heavy atom. The van der Waals surface area contributed by atoms with Gasteiger partial charge in [-0.2, -0.15) is 13.2 Å². The van der Waals surface area contributed by atoms with E-state index in [9.17, 15) is 18.0 Å². The van der Waals surface area contributed by atoms with E-state index in [1.165, 1.54) is 19.1 Å². The van der Waals surface area contributed by atoms with Crippen LogP contribution in [0.4, 0.5) is 13.2 Å². The molecule has 23 heavy (non-hydrogen) atoms. The summed E-state index contributed by atoms with van der Waals surface area (Å²) in [6, 6.07) is 4.77. The number of hydrogen-bond donors (Lipinski definition) is 1. The predicted octanol–water partition coefficient (Wildman–Crippen LogP) is 3.94. The van der Waals surface area contributed by atoms with Crippen LogP contribution in [-0.2, 0) is 22.1 Å². The van der Waals surface area contributed by atoms with Crippen molar-refractivity contribution >= 4 is 5.78 Å². The zero-order valence-corrected chi connectivity index (χ0v) is 14.0. The van der Waals surface area contributed by atoms with Crippen molar-refractivity contribution in [3.8, 4) is 0 Å². The minimum absolute atomic E-state index is 0.114. The summed E-state index contributed by atoms with van der Waals surface area (Å²) >= 11 is 0. The van der Waals surface area contributed by atoms with E-state index in [1.807, 2.05) is 20.8 Å². The molecular formula is C17H24F3NO2. The Morgan fingerprint density at radius 1 is 1.09 bits per heavy atom. The van der Waals surface area contributed by atoms with E-state index in [0.29, 0.717) is 18.6 Å². The van der Waals surface area contributed by atoms with E-state index in [0.717, 1.165) is 12.1 Å². The van der Waals surface area contributed by atoms with Crippen LogP contribution in [0, 0.1) is 5.41 Å². The second kappa shape index (κ2) is 7.01. The normalized spacial score (nSPS) is 15.3. The Bertz CT molecular complexity index is 528. The molecule has 0 saturated heterocycles. The second-order valence-electron chi connectivity index (χ2n) is 7.07. The van der Waals surface area contributed by atoms with E-state index in [4.69, 9.17) is 10.5 Å². The van der Waals surface area contributed by atoms with Gasteiger partial charge in [0.1, 0.15) is 0 Å². The minimum Gasteiger partial charge on any atom is -0.353 e. The maximum Gasteiger partial charge on any atom is 0.416 e. The number of aryl methyl sites for hydroxylation is 1. The molecule has 0 heterocycles. The van der Waals surface area contributed by atoms with Crippen molar-refractivity contribution in [2.75, 3.05) is 6.61 Å². The smallest absolute Gasteiger partial charge is 0.353 e. The van der Waals surface area contributed by atoms with E-state index in [2.05, 4.69) is 0 Å². The highest BCUT2D eigenvalue weighted by Gasteiger charge is 2.31. The van der Waals surface area contributed by atoms with Gasteiger partial charge in [0, 0.05) is 6.42 Å². The number of halogens is 3. The number of nitrogens with two attached hydrogens (primary N) is 1. The first-order valence-corrected chi connectivity index (χ1v) is 7.43. The molecule has 130 valence electrons. The summed E-state index contributed by atoms with van der Waals surface area (Å²) in [6.07, 6.45) is -3.92. The molecule has 0 aliphatic carbocycles. The zero-order valence-electron chi connectivity index (χ0n) is 14.0. The van der Waals surface area contributed by atoms with Crippen LogP contribution in [0.2, 0.25) is 0 Å². The number of Topliss-reactive ketones (excluding diaryl/α,β-unsaturated/α-hetero) is 1. The van der Waals surface area contributed by atoms with Crippen LogP contribution >= 0.6 is 0 Å². The van der Waals surface area contributed by atoms with E-state index in [-0.39, 0.29) is 17.6 Å². The van der Waals surface area contributed by atoms with Crippen LogP contribution in [-0.4, -0.2) is 18.1 Å². The molecule has 6 heteroatoms. The van der Waals surface area contributed by atoms with E-state index in [1.54, 1.807) is 0 Å². The third kappa shape index (κ3) is 6.71. The van der Waals surface area contributed by atoms with Crippen LogP contribution in [0.25, 0.3) is 0 Å². The van der Waals surface area contributed by atoms with Crippen LogP contribution < -0.4 is 5.73 Å². The van der Waals surface area contributed by atoms with Crippen molar-refractivity contribution in [3.63, 3.8) is 0 Å². The quantitative estimate of drug-likeness (QED) is 0.803. The largest absolute Gasteiger partial charge is 0.416 e. The lowest BCUT2D eigenvalue weighted by Crippen LogP contribution is -2.49. The molecule has 1 aromatic rings. The van der Waals surface area contributed by atoms with E-state index < -0.39 is 17.5 Å². The first kappa shape index (κ1) is 19.6. The Balaban J connectivity index is 2.58. The van der Waals surface area contributed by atoms with Crippen LogP contribution in [0.1, 0.15) is 45.2 Å². The number of hydrogen-bond acceptors (Lipinski definition) is 3. The summed E-state index contributed by atoms with van der Waals surface area (Å²) in [5.74, 6) is -0.276. The highest BCUT2D eigenvalue weighted by molar-refractivity contribution is 5.86. The Labute approximate surface area is 135 Å². The summed E-state index contributed by atoms with van der Waals surface area (Å²) in [7, 11) is 0. The zero-order chi connectivity index (χ0) is 17.9. The van der Waals surface area contributed by atoms with Gasteiger partial charge in [0.15, 0.2) is 11.5 Å². The molecule has 0 bridgehead atoms. The van der Waals surface area contributed by atoms with Gasteiger partial charge in [0.2, 0.25) is 0 Å². The fourth-order valence-corrected chi connectivity index (χ4v) is 1.81. The predicted molar refractivity (Wildman–Crippen MR) is 82.8 cm³/mol. The lowest BCUT2D eigenvalue weighted by atomic mass is 9.97. The van der Waals surface area contributed by atoms with Gasteiger partial charge < -0.3 is 4.74 Å². The molecule has 1 rings (SSSR count). The van der Waals surface area contributed by atoms with Gasteiger partial charge in [-0.3, -0.25) is 10.5 Å². The third-order valence-electron chi connectivity index (χ3n) is 3.28. The molecule has 0 amide bonds. The number of carbonyl (C=O) groups excluding carboxylic acids is 1. The van der Waals surface area contributed by atoms with Gasteiger partial charge in [-0.25, -0.2) is 0 Å². The fraction of sp³-hybridized carbons (Fsp3) is 0.588. The van der Waals surface area contributed by atoms with Crippen LogP contribution in [0.15, 0.2) is 24.3 Å². The van der Waals surface area contributed by atoms with Gasteiger partial charge in [-0.05, 0) is 36.5 Å². The first-order chi connectivity index (χ1) is 10.3. The molecular weight excluding hydrogens is 307 g/mol. The lowest BCUT2D eigenvalue weighted by molar-refractivity contribution is -0.145. The molecule has 0 fully saturated rings. The first-order valence-electron chi connectivity index (χ1n) is 7.43. The summed E-state index contributed by atoms with van der Waals surface area (Å²) in [5.41, 5.74) is 4.33. The molecule has 0 saturated carbocycles. The molecule has 1 unspecified atom stereocenters. The van der Waals surface area contributed by atoms with Gasteiger partial charge in [-0.15, -0.1) is 0 Å². The minimum atomic E-state index is -4.36. The molecule has 0 aliphatic heterocycles. The third-order valence-corrected chi connectivity index (χ3v) is 3.28.